The monoisotopic (exact) mass is 134 g/mol. The summed E-state index contributed by atoms with van der Waals surface area (Å²) in [5.41, 5.74) is 0. The Morgan fingerprint density at radius 1 is 0.818 bits per heavy atom. The minimum atomic E-state index is 1.33. The van der Waals surface area contributed by atoms with Gasteiger partial charge in [-0.15, -0.1) is 0 Å². The van der Waals surface area contributed by atoms with Gasteiger partial charge in [-0.2, -0.15) is 0 Å². The van der Waals surface area contributed by atoms with Crippen LogP contribution in [0.5, 0.6) is 0 Å². The van der Waals surface area contributed by atoms with Crippen molar-refractivity contribution in [2.45, 2.75) is 0 Å². The predicted molar refractivity (Wildman–Crippen MR) is 49.3 cm³/mol. The van der Waals surface area contributed by atoms with Crippen LogP contribution in [0.4, 0.5) is 0 Å². The summed E-state index contributed by atoms with van der Waals surface area (Å²) < 4.78 is 1.35. The van der Waals surface area contributed by atoms with Crippen molar-refractivity contribution in [1.29, 1.82) is 0 Å². The van der Waals surface area contributed by atoms with Crippen LogP contribution in [0.1, 0.15) is 0 Å². The summed E-state index contributed by atoms with van der Waals surface area (Å²) in [4.78, 5) is 0. The van der Waals surface area contributed by atoms with E-state index in [1.54, 1.807) is 0 Å². The topological polar surface area (TPSA) is 0 Å². The van der Waals surface area contributed by atoms with E-state index in [9.17, 15) is 0 Å². The summed E-state index contributed by atoms with van der Waals surface area (Å²) in [7, 11) is 0. The zero-order valence-corrected chi connectivity index (χ0v) is 6.54. The molecule has 2 aromatic carbocycles. The fourth-order valence-electron chi connectivity index (χ4n) is 1.39. The second kappa shape index (κ2) is 2.74. The molecule has 0 N–H and O–H groups in total. The zero-order chi connectivity index (χ0) is 7.68. The van der Waals surface area contributed by atoms with Gasteiger partial charge in [-0.1, -0.05) is 0 Å². The first-order valence-corrected chi connectivity index (χ1v) is 3.82. The quantitative estimate of drug-likeness (QED) is 0.480. The second-order valence-electron chi connectivity index (χ2n) is 2.80. The molecule has 0 aromatic heterocycles. The van der Waals surface area contributed by atoms with E-state index >= 15 is 0 Å². The molecule has 0 unspecified atom stereocenters. The van der Waals surface area contributed by atoms with Gasteiger partial charge in [0.05, 0.1) is 0 Å². The minimum absolute atomic E-state index is 1.33. The van der Waals surface area contributed by atoms with Gasteiger partial charge in [0.25, 0.3) is 0 Å². The molecule has 0 aliphatic rings. The molecule has 0 saturated heterocycles. The van der Waals surface area contributed by atoms with Crippen LogP contribution in [0, 0.1) is 0 Å². The molecule has 0 saturated carbocycles. The molecule has 1 heteroatoms. The molecule has 0 heterocycles. The summed E-state index contributed by atoms with van der Waals surface area (Å²) in [6.07, 6.45) is 0. The molecule has 2 rings (SSSR count). The number of benzene rings is 2. The van der Waals surface area contributed by atoms with Crippen molar-refractivity contribution in [2.75, 3.05) is 0 Å². The summed E-state index contributed by atoms with van der Waals surface area (Å²) >= 11 is 2.14. The average molecular weight is 134 g/mol. The van der Waals surface area contributed by atoms with Crippen molar-refractivity contribution < 1.29 is 0 Å². The van der Waals surface area contributed by atoms with Crippen LogP contribution in [0.3, 0.4) is 0 Å². The molecule has 48 valence electrons. The fraction of sp³-hybridized carbons (Fsp3) is 0. The van der Waals surface area contributed by atoms with Crippen LogP contribution < -0.4 is 4.24 Å². The van der Waals surface area contributed by atoms with E-state index in [4.69, 9.17) is 0 Å². The van der Waals surface area contributed by atoms with Gasteiger partial charge in [0.15, 0.2) is 0 Å². The van der Waals surface area contributed by atoms with E-state index in [0.717, 1.165) is 0 Å². The Labute approximate surface area is 75.4 Å². The average Bonchev–Trinajstić information content (AvgIpc) is 2.06. The Kier molecular flexibility index (Phi) is 1.73. The Bertz CT molecular complexity index is 374. The first kappa shape index (κ1) is 6.97. The molecule has 0 bridgehead atoms. The van der Waals surface area contributed by atoms with Crippen LogP contribution >= 0.6 is 0 Å². The SMILES string of the molecule is [Li][c]1cccc2ccccc12. The van der Waals surface area contributed by atoms with E-state index in [1.165, 1.54) is 15.0 Å². The summed E-state index contributed by atoms with van der Waals surface area (Å²) in [6.45, 7) is 0. The van der Waals surface area contributed by atoms with Crippen LogP contribution in [0.25, 0.3) is 10.8 Å². The van der Waals surface area contributed by atoms with Crippen molar-refractivity contribution in [3.63, 3.8) is 0 Å². The maximum atomic E-state index is 2.16. The first-order chi connectivity index (χ1) is 5.38. The molecule has 0 radical (unpaired) electrons. The van der Waals surface area contributed by atoms with E-state index in [-0.39, 0.29) is 0 Å². The Hall–Kier alpha value is -0.703. The van der Waals surface area contributed by atoms with Crippen molar-refractivity contribution in [3.05, 3.63) is 42.5 Å². The molecule has 0 nitrogen and oxygen atoms in total. The third kappa shape index (κ3) is 1.20. The zero-order valence-electron chi connectivity index (χ0n) is 6.54. The number of hydrogen-bond acceptors (Lipinski definition) is 0. The first-order valence-electron chi connectivity index (χ1n) is 3.82. The van der Waals surface area contributed by atoms with Crippen molar-refractivity contribution in [2.24, 2.45) is 0 Å². The Morgan fingerprint density at radius 2 is 1.55 bits per heavy atom. The summed E-state index contributed by atoms with van der Waals surface area (Å²) in [5.74, 6) is 0. The molecule has 11 heavy (non-hydrogen) atoms. The van der Waals surface area contributed by atoms with Crippen molar-refractivity contribution in [3.8, 4) is 0 Å². The molecule has 0 amide bonds. The molecule has 0 spiro atoms. The molecule has 0 atom stereocenters. The van der Waals surface area contributed by atoms with E-state index < -0.39 is 0 Å². The summed E-state index contributed by atoms with van der Waals surface area (Å²) in [5, 5.41) is 2.68. The van der Waals surface area contributed by atoms with Gasteiger partial charge in [-0.05, 0) is 0 Å². The molecular weight excluding hydrogens is 127 g/mol. The van der Waals surface area contributed by atoms with E-state index in [2.05, 4.69) is 60.2 Å². The number of hydrogen-bond donors (Lipinski definition) is 0. The standard InChI is InChI=1S/C10H7.Li/c1-2-6-10-8-4-3-7-9(10)5-1;/h1-7H;. The molecule has 2 aromatic rings. The van der Waals surface area contributed by atoms with Crippen molar-refractivity contribution >= 4 is 32.7 Å². The van der Waals surface area contributed by atoms with Crippen LogP contribution in [0.15, 0.2) is 42.5 Å². The summed E-state index contributed by atoms with van der Waals surface area (Å²) in [6, 6.07) is 14.8. The molecule has 0 fully saturated rings. The normalized spacial score (nSPS) is 10.4. The third-order valence-corrected chi connectivity index (χ3v) is 2.01. The number of fused-ring (bicyclic) bond motifs is 1. The van der Waals surface area contributed by atoms with Gasteiger partial charge in [-0.3, -0.25) is 0 Å². The molecule has 0 aliphatic carbocycles. The van der Waals surface area contributed by atoms with Gasteiger partial charge in [0.2, 0.25) is 0 Å². The molecular formula is C10H7Li. The number of rotatable bonds is 0. The molecule has 0 aliphatic heterocycles. The van der Waals surface area contributed by atoms with Crippen LogP contribution in [-0.4, -0.2) is 17.7 Å². The fourth-order valence-corrected chi connectivity index (χ4v) is 1.39. The van der Waals surface area contributed by atoms with Gasteiger partial charge in [0, 0.05) is 0 Å². The van der Waals surface area contributed by atoms with Gasteiger partial charge in [0.1, 0.15) is 0 Å². The third-order valence-electron chi connectivity index (χ3n) is 2.01. The Balaban J connectivity index is 2.91. The van der Waals surface area contributed by atoms with E-state index in [0.29, 0.717) is 0 Å². The van der Waals surface area contributed by atoms with Gasteiger partial charge in [-0.25, -0.2) is 0 Å². The van der Waals surface area contributed by atoms with Crippen LogP contribution in [-0.2, 0) is 0 Å². The Morgan fingerprint density at radius 3 is 2.36 bits per heavy atom. The second-order valence-corrected chi connectivity index (χ2v) is 2.80. The van der Waals surface area contributed by atoms with E-state index in [1.807, 2.05) is 0 Å². The van der Waals surface area contributed by atoms with Crippen molar-refractivity contribution in [1.82, 2.24) is 0 Å². The van der Waals surface area contributed by atoms with Gasteiger partial charge < -0.3 is 0 Å². The van der Waals surface area contributed by atoms with Gasteiger partial charge >= 0.3 is 75.2 Å². The maximum absolute atomic E-state index is 2.16. The van der Waals surface area contributed by atoms with Crippen LogP contribution in [0.2, 0.25) is 0 Å². The predicted octanol–water partition coefficient (Wildman–Crippen LogP) is 1.63.